The number of alkyl halides is 1. The van der Waals surface area contributed by atoms with E-state index in [2.05, 4.69) is 12.2 Å². The van der Waals surface area contributed by atoms with Gasteiger partial charge in [0.2, 0.25) is 5.91 Å². The molecule has 1 N–H and O–H groups in total. The first-order valence-corrected chi connectivity index (χ1v) is 7.58. The average molecular weight is 260 g/mol. The Kier molecular flexibility index (Phi) is 7.67. The van der Waals surface area contributed by atoms with Gasteiger partial charge in [0.15, 0.2) is 0 Å². The smallest absolute Gasteiger partial charge is 0.220 e. The van der Waals surface area contributed by atoms with Gasteiger partial charge >= 0.3 is 0 Å². The second-order valence-corrected chi connectivity index (χ2v) is 5.83. The summed E-state index contributed by atoms with van der Waals surface area (Å²) in [5, 5.41) is 3.04. The average Bonchev–Trinajstić information content (AvgIpc) is 2.55. The van der Waals surface area contributed by atoms with Gasteiger partial charge in [-0.05, 0) is 31.1 Å². The highest BCUT2D eigenvalue weighted by Gasteiger charge is 2.16. The molecule has 0 aromatic carbocycles. The van der Waals surface area contributed by atoms with Gasteiger partial charge in [0.05, 0.1) is 0 Å². The highest BCUT2D eigenvalue weighted by atomic mass is 35.5. The normalized spacial score (nSPS) is 19.6. The first-order chi connectivity index (χ1) is 8.22. The van der Waals surface area contributed by atoms with Crippen molar-refractivity contribution in [2.75, 3.05) is 12.4 Å². The number of hydrogen-bond acceptors (Lipinski definition) is 1. The zero-order chi connectivity index (χ0) is 12.5. The second kappa shape index (κ2) is 8.79. The molecule has 1 aliphatic carbocycles. The third-order valence-corrected chi connectivity index (χ3v) is 3.92. The Morgan fingerprint density at radius 3 is 2.53 bits per heavy atom. The topological polar surface area (TPSA) is 29.1 Å². The third kappa shape index (κ3) is 6.92. The van der Waals surface area contributed by atoms with Crippen LogP contribution in [0.1, 0.15) is 58.3 Å². The van der Waals surface area contributed by atoms with E-state index >= 15 is 0 Å². The Labute approximate surface area is 110 Å². The number of halogens is 1. The minimum Gasteiger partial charge on any atom is -0.356 e. The predicted molar refractivity (Wildman–Crippen MR) is 73.3 cm³/mol. The van der Waals surface area contributed by atoms with Crippen molar-refractivity contribution in [3.8, 4) is 0 Å². The second-order valence-electron chi connectivity index (χ2n) is 5.45. The first kappa shape index (κ1) is 14.8. The maximum absolute atomic E-state index is 11.8. The lowest BCUT2D eigenvalue weighted by atomic mass is 9.96. The van der Waals surface area contributed by atoms with Gasteiger partial charge in [-0.15, -0.1) is 11.6 Å². The summed E-state index contributed by atoms with van der Waals surface area (Å²) < 4.78 is 0. The summed E-state index contributed by atoms with van der Waals surface area (Å²) in [7, 11) is 0. The van der Waals surface area contributed by atoms with Gasteiger partial charge in [-0.3, -0.25) is 4.79 Å². The van der Waals surface area contributed by atoms with Crippen LogP contribution in [-0.2, 0) is 4.79 Å². The molecule has 0 aromatic heterocycles. The van der Waals surface area contributed by atoms with Gasteiger partial charge in [-0.2, -0.15) is 0 Å². The Balaban J connectivity index is 2.14. The first-order valence-electron chi connectivity index (χ1n) is 7.05. The summed E-state index contributed by atoms with van der Waals surface area (Å²) in [6, 6.07) is 0. The van der Waals surface area contributed by atoms with E-state index in [9.17, 15) is 4.79 Å². The van der Waals surface area contributed by atoms with Gasteiger partial charge in [-0.25, -0.2) is 0 Å². The van der Waals surface area contributed by atoms with Crippen LogP contribution in [0.2, 0.25) is 0 Å². The lowest BCUT2D eigenvalue weighted by Gasteiger charge is -2.15. The van der Waals surface area contributed by atoms with Gasteiger partial charge in [0.1, 0.15) is 0 Å². The van der Waals surface area contributed by atoms with Crippen molar-refractivity contribution in [1.82, 2.24) is 5.32 Å². The largest absolute Gasteiger partial charge is 0.356 e. The molecule has 1 fully saturated rings. The van der Waals surface area contributed by atoms with Crippen LogP contribution in [-0.4, -0.2) is 18.3 Å². The van der Waals surface area contributed by atoms with Crippen LogP contribution in [0.5, 0.6) is 0 Å². The van der Waals surface area contributed by atoms with E-state index < -0.39 is 0 Å². The minimum atomic E-state index is 0.235. The molecule has 1 amide bonds. The van der Waals surface area contributed by atoms with Gasteiger partial charge in [0, 0.05) is 18.8 Å². The summed E-state index contributed by atoms with van der Waals surface area (Å²) in [4.78, 5) is 11.8. The maximum atomic E-state index is 11.8. The molecule has 0 spiro atoms. The molecule has 1 saturated carbocycles. The van der Waals surface area contributed by atoms with Gasteiger partial charge in [-0.1, -0.05) is 32.6 Å². The molecule has 17 heavy (non-hydrogen) atoms. The number of hydrogen-bond donors (Lipinski definition) is 1. The Hall–Kier alpha value is -0.240. The predicted octanol–water partition coefficient (Wildman–Crippen LogP) is 3.73. The fourth-order valence-electron chi connectivity index (χ4n) is 2.48. The van der Waals surface area contributed by atoms with Crippen molar-refractivity contribution in [1.29, 1.82) is 0 Å². The Bertz CT molecular complexity index is 212. The SMILES string of the molecule is CC(CCCl)CNC(=O)CC1CCCCCC1. The zero-order valence-electron chi connectivity index (χ0n) is 11.0. The summed E-state index contributed by atoms with van der Waals surface area (Å²) in [6.45, 7) is 2.91. The van der Waals surface area contributed by atoms with Crippen molar-refractivity contribution < 1.29 is 4.79 Å². The summed E-state index contributed by atoms with van der Waals surface area (Å²) in [5.41, 5.74) is 0. The zero-order valence-corrected chi connectivity index (χ0v) is 11.8. The molecule has 1 aliphatic rings. The maximum Gasteiger partial charge on any atom is 0.220 e. The monoisotopic (exact) mass is 259 g/mol. The van der Waals surface area contributed by atoms with E-state index in [1.165, 1.54) is 38.5 Å². The minimum absolute atomic E-state index is 0.235. The molecular weight excluding hydrogens is 234 g/mol. The summed E-state index contributed by atoms with van der Waals surface area (Å²) >= 11 is 5.67. The molecule has 0 aromatic rings. The fraction of sp³-hybridized carbons (Fsp3) is 0.929. The number of carbonyl (C=O) groups excluding carboxylic acids is 1. The van der Waals surface area contributed by atoms with Crippen LogP contribution in [0, 0.1) is 11.8 Å². The molecule has 0 aliphatic heterocycles. The van der Waals surface area contributed by atoms with Crippen LogP contribution in [0.25, 0.3) is 0 Å². The highest BCUT2D eigenvalue weighted by Crippen LogP contribution is 2.25. The molecular formula is C14H26ClNO. The highest BCUT2D eigenvalue weighted by molar-refractivity contribution is 6.17. The molecule has 100 valence electrons. The molecule has 0 saturated heterocycles. The molecule has 2 nitrogen and oxygen atoms in total. The van der Waals surface area contributed by atoms with Crippen molar-refractivity contribution in [2.45, 2.75) is 58.3 Å². The van der Waals surface area contributed by atoms with Crippen LogP contribution >= 0.6 is 11.6 Å². The number of rotatable bonds is 6. The Morgan fingerprint density at radius 1 is 1.29 bits per heavy atom. The van der Waals surface area contributed by atoms with Crippen LogP contribution < -0.4 is 5.32 Å². The van der Waals surface area contributed by atoms with E-state index in [1.807, 2.05) is 0 Å². The molecule has 0 radical (unpaired) electrons. The molecule has 1 unspecified atom stereocenters. The van der Waals surface area contributed by atoms with E-state index in [-0.39, 0.29) is 5.91 Å². The lowest BCUT2D eigenvalue weighted by molar-refractivity contribution is -0.122. The van der Waals surface area contributed by atoms with Crippen LogP contribution in [0.4, 0.5) is 0 Å². The summed E-state index contributed by atoms with van der Waals surface area (Å²) in [5.74, 6) is 2.03. The van der Waals surface area contributed by atoms with Crippen LogP contribution in [0.15, 0.2) is 0 Å². The summed E-state index contributed by atoms with van der Waals surface area (Å²) in [6.07, 6.45) is 9.51. The fourth-order valence-corrected chi connectivity index (χ4v) is 2.85. The van der Waals surface area contributed by atoms with E-state index in [0.717, 1.165) is 19.4 Å². The van der Waals surface area contributed by atoms with Gasteiger partial charge < -0.3 is 5.32 Å². The van der Waals surface area contributed by atoms with E-state index in [4.69, 9.17) is 11.6 Å². The third-order valence-electron chi connectivity index (χ3n) is 3.70. The molecule has 1 atom stereocenters. The van der Waals surface area contributed by atoms with Crippen molar-refractivity contribution >= 4 is 17.5 Å². The van der Waals surface area contributed by atoms with E-state index in [1.54, 1.807) is 0 Å². The number of nitrogens with one attached hydrogen (secondary N) is 1. The number of carbonyl (C=O) groups is 1. The van der Waals surface area contributed by atoms with Crippen molar-refractivity contribution in [3.63, 3.8) is 0 Å². The van der Waals surface area contributed by atoms with Crippen molar-refractivity contribution in [2.24, 2.45) is 11.8 Å². The quantitative estimate of drug-likeness (QED) is 0.572. The van der Waals surface area contributed by atoms with Gasteiger partial charge in [0.25, 0.3) is 0 Å². The Morgan fingerprint density at radius 2 is 1.94 bits per heavy atom. The molecule has 0 heterocycles. The molecule has 3 heteroatoms. The molecule has 1 rings (SSSR count). The molecule has 0 bridgehead atoms. The van der Waals surface area contributed by atoms with Crippen molar-refractivity contribution in [3.05, 3.63) is 0 Å². The number of amides is 1. The van der Waals surface area contributed by atoms with E-state index in [0.29, 0.717) is 17.7 Å². The lowest BCUT2D eigenvalue weighted by Crippen LogP contribution is -2.29. The van der Waals surface area contributed by atoms with Crippen LogP contribution in [0.3, 0.4) is 0 Å². The standard InChI is InChI=1S/C14H26ClNO/c1-12(8-9-15)11-16-14(17)10-13-6-4-2-3-5-7-13/h12-13H,2-11H2,1H3,(H,16,17).